The predicted molar refractivity (Wildman–Crippen MR) is 111 cm³/mol. The second-order valence-corrected chi connectivity index (χ2v) is 7.73. The summed E-state index contributed by atoms with van der Waals surface area (Å²) < 4.78 is 10.5. The molecule has 1 aromatic carbocycles. The van der Waals surface area contributed by atoms with Gasteiger partial charge < -0.3 is 19.0 Å². The quantitative estimate of drug-likeness (QED) is 0.667. The van der Waals surface area contributed by atoms with Gasteiger partial charge in [0.2, 0.25) is 5.91 Å². The van der Waals surface area contributed by atoms with Crippen LogP contribution in [0.25, 0.3) is 0 Å². The summed E-state index contributed by atoms with van der Waals surface area (Å²) in [6, 6.07) is 11.3. The van der Waals surface area contributed by atoms with E-state index in [9.17, 15) is 9.59 Å². The number of amides is 1. The molecule has 1 aliphatic rings. The number of benzene rings is 1. The number of carbonyl (C=O) groups is 2. The van der Waals surface area contributed by atoms with Crippen molar-refractivity contribution in [1.82, 2.24) is 9.80 Å². The number of rotatable bonds is 7. The van der Waals surface area contributed by atoms with Gasteiger partial charge in [-0.05, 0) is 49.7 Å². The Morgan fingerprint density at radius 1 is 1.14 bits per heavy atom. The van der Waals surface area contributed by atoms with E-state index in [-0.39, 0.29) is 11.9 Å². The molecule has 1 saturated heterocycles. The number of hydrogen-bond donors (Lipinski definition) is 0. The molecule has 29 heavy (non-hydrogen) atoms. The van der Waals surface area contributed by atoms with Crippen LogP contribution in [0.5, 0.6) is 0 Å². The highest BCUT2D eigenvalue weighted by Gasteiger charge is 2.22. The van der Waals surface area contributed by atoms with Crippen LogP contribution in [-0.2, 0) is 16.1 Å². The average molecular weight is 399 g/mol. The molecule has 2 heterocycles. The Bertz CT molecular complexity index is 828. The number of hydrogen-bond acceptors (Lipinski definition) is 5. The van der Waals surface area contributed by atoms with E-state index in [1.54, 1.807) is 12.1 Å². The van der Waals surface area contributed by atoms with E-state index in [2.05, 4.69) is 17.9 Å². The third-order valence-corrected chi connectivity index (χ3v) is 5.55. The highest BCUT2D eigenvalue weighted by molar-refractivity contribution is 5.89. The summed E-state index contributed by atoms with van der Waals surface area (Å²) >= 11 is 0. The topological polar surface area (TPSA) is 63.0 Å². The molecule has 1 atom stereocenters. The van der Waals surface area contributed by atoms with Gasteiger partial charge in [0.25, 0.3) is 0 Å². The van der Waals surface area contributed by atoms with E-state index in [4.69, 9.17) is 9.15 Å². The highest BCUT2D eigenvalue weighted by Crippen LogP contribution is 2.22. The Morgan fingerprint density at radius 3 is 2.55 bits per heavy atom. The fraction of sp³-hybridized carbons (Fsp3) is 0.478. The van der Waals surface area contributed by atoms with Crippen molar-refractivity contribution in [3.63, 3.8) is 0 Å². The second kappa shape index (κ2) is 9.74. The first-order valence-electron chi connectivity index (χ1n) is 10.2. The number of esters is 1. The number of furan rings is 1. The van der Waals surface area contributed by atoms with Crippen molar-refractivity contribution in [1.29, 1.82) is 0 Å². The summed E-state index contributed by atoms with van der Waals surface area (Å²) in [7, 11) is 1.37. The fourth-order valence-corrected chi connectivity index (χ4v) is 3.62. The Kier molecular flexibility index (Phi) is 7.09. The van der Waals surface area contributed by atoms with Crippen molar-refractivity contribution in [3.05, 3.63) is 59.0 Å². The Balaban J connectivity index is 1.51. The van der Waals surface area contributed by atoms with Crippen LogP contribution in [-0.4, -0.2) is 55.0 Å². The van der Waals surface area contributed by atoms with Gasteiger partial charge in [-0.2, -0.15) is 0 Å². The van der Waals surface area contributed by atoms with Crippen LogP contribution in [0.1, 0.15) is 53.1 Å². The van der Waals surface area contributed by atoms with E-state index in [0.717, 1.165) is 43.1 Å². The molecule has 0 saturated carbocycles. The Hall–Kier alpha value is -2.60. The van der Waals surface area contributed by atoms with Crippen molar-refractivity contribution in [3.8, 4) is 0 Å². The van der Waals surface area contributed by atoms with E-state index in [0.29, 0.717) is 31.0 Å². The zero-order valence-electron chi connectivity index (χ0n) is 17.5. The molecule has 1 aliphatic heterocycles. The summed E-state index contributed by atoms with van der Waals surface area (Å²) in [4.78, 5) is 28.4. The minimum absolute atomic E-state index is 0.180. The van der Waals surface area contributed by atoms with Gasteiger partial charge in [-0.15, -0.1) is 0 Å². The summed E-state index contributed by atoms with van der Waals surface area (Å²) in [5.41, 5.74) is 1.53. The first-order valence-corrected chi connectivity index (χ1v) is 10.2. The van der Waals surface area contributed by atoms with E-state index >= 15 is 0 Å². The summed E-state index contributed by atoms with van der Waals surface area (Å²) in [5.74, 6) is 2.18. The van der Waals surface area contributed by atoms with Gasteiger partial charge in [-0.3, -0.25) is 4.79 Å². The van der Waals surface area contributed by atoms with Crippen LogP contribution in [0.15, 0.2) is 40.8 Å². The van der Waals surface area contributed by atoms with Gasteiger partial charge in [0.1, 0.15) is 11.5 Å². The lowest BCUT2D eigenvalue weighted by molar-refractivity contribution is -0.130. The maximum absolute atomic E-state index is 12.6. The third-order valence-electron chi connectivity index (χ3n) is 5.55. The molecule has 0 bridgehead atoms. The van der Waals surface area contributed by atoms with Crippen LogP contribution < -0.4 is 0 Å². The van der Waals surface area contributed by atoms with Crippen molar-refractivity contribution >= 4 is 11.9 Å². The molecule has 0 radical (unpaired) electrons. The number of methoxy groups -OCH3 is 1. The van der Waals surface area contributed by atoms with Gasteiger partial charge in [0.15, 0.2) is 0 Å². The van der Waals surface area contributed by atoms with E-state index in [1.165, 1.54) is 7.11 Å². The molecular weight excluding hydrogens is 368 g/mol. The standard InChI is InChI=1S/C23H30N2O4/c1-17(21-9-4-18(2)29-21)10-12-24-13-11-22(26)25(15-14-24)16-19-5-7-20(8-6-19)23(27)28-3/h4-9,17H,10-16H2,1-3H3/t17-/m1/s1. The summed E-state index contributed by atoms with van der Waals surface area (Å²) in [6.45, 7) is 8.05. The minimum atomic E-state index is -0.350. The smallest absolute Gasteiger partial charge is 0.337 e. The zero-order chi connectivity index (χ0) is 20.8. The maximum Gasteiger partial charge on any atom is 0.337 e. The molecule has 156 valence electrons. The lowest BCUT2D eigenvalue weighted by Crippen LogP contribution is -2.33. The van der Waals surface area contributed by atoms with Crippen molar-refractivity contribution in [2.45, 2.75) is 39.2 Å². The largest absolute Gasteiger partial charge is 0.466 e. The lowest BCUT2D eigenvalue weighted by Gasteiger charge is -2.23. The molecule has 0 unspecified atom stereocenters. The normalized spacial score (nSPS) is 16.5. The Labute approximate surface area is 172 Å². The lowest BCUT2D eigenvalue weighted by atomic mass is 10.0. The van der Waals surface area contributed by atoms with Crippen LogP contribution >= 0.6 is 0 Å². The molecule has 1 amide bonds. The molecule has 3 rings (SSSR count). The first-order chi connectivity index (χ1) is 14.0. The monoisotopic (exact) mass is 398 g/mol. The predicted octanol–water partition coefficient (Wildman–Crippen LogP) is 3.60. The number of aryl methyl sites for hydroxylation is 1. The van der Waals surface area contributed by atoms with Crippen LogP contribution in [0.3, 0.4) is 0 Å². The molecule has 1 aromatic heterocycles. The second-order valence-electron chi connectivity index (χ2n) is 7.73. The fourth-order valence-electron chi connectivity index (χ4n) is 3.62. The third kappa shape index (κ3) is 5.70. The van der Waals surface area contributed by atoms with Gasteiger partial charge in [-0.1, -0.05) is 19.1 Å². The SMILES string of the molecule is COC(=O)c1ccc(CN2CCN(CC[C@@H](C)c3ccc(C)o3)CCC2=O)cc1. The summed E-state index contributed by atoms with van der Waals surface area (Å²) in [5, 5.41) is 0. The number of nitrogens with zero attached hydrogens (tertiary/aromatic N) is 2. The van der Waals surface area contributed by atoms with Crippen molar-refractivity contribution in [2.75, 3.05) is 33.3 Å². The Morgan fingerprint density at radius 2 is 1.90 bits per heavy atom. The van der Waals surface area contributed by atoms with Gasteiger partial charge in [0.05, 0.1) is 12.7 Å². The summed E-state index contributed by atoms with van der Waals surface area (Å²) in [6.07, 6.45) is 1.55. The molecule has 1 fully saturated rings. The number of ether oxygens (including phenoxy) is 1. The van der Waals surface area contributed by atoms with E-state index < -0.39 is 0 Å². The van der Waals surface area contributed by atoms with Gasteiger partial charge in [-0.25, -0.2) is 4.79 Å². The van der Waals surface area contributed by atoms with Crippen molar-refractivity contribution < 1.29 is 18.7 Å². The molecule has 2 aromatic rings. The molecule has 0 aliphatic carbocycles. The number of carbonyl (C=O) groups excluding carboxylic acids is 2. The first kappa shape index (κ1) is 21.1. The van der Waals surface area contributed by atoms with Gasteiger partial charge in [0, 0.05) is 38.5 Å². The minimum Gasteiger partial charge on any atom is -0.466 e. The zero-order valence-corrected chi connectivity index (χ0v) is 17.5. The van der Waals surface area contributed by atoms with Crippen LogP contribution in [0.2, 0.25) is 0 Å². The molecule has 0 spiro atoms. The molecular formula is C23H30N2O4. The average Bonchev–Trinajstić information content (AvgIpc) is 3.10. The highest BCUT2D eigenvalue weighted by atomic mass is 16.5. The van der Waals surface area contributed by atoms with Crippen molar-refractivity contribution in [2.24, 2.45) is 0 Å². The molecule has 6 heteroatoms. The van der Waals surface area contributed by atoms with Crippen LogP contribution in [0, 0.1) is 6.92 Å². The molecule has 6 nitrogen and oxygen atoms in total. The maximum atomic E-state index is 12.6. The van der Waals surface area contributed by atoms with Gasteiger partial charge >= 0.3 is 5.97 Å². The van der Waals surface area contributed by atoms with E-state index in [1.807, 2.05) is 30.0 Å². The molecule has 0 N–H and O–H groups in total. The van der Waals surface area contributed by atoms with Crippen LogP contribution in [0.4, 0.5) is 0 Å².